The van der Waals surface area contributed by atoms with E-state index in [1.807, 2.05) is 30.3 Å². The SMILES string of the molecule is COc1cc2nccc(Oc3ccc(NS(=O)(=O)c4ccc(-c5ccccc5)cc4)c(F)c3)c2cc1OC. The average Bonchev–Trinajstić information content (AvgIpc) is 2.94. The molecule has 0 aliphatic carbocycles. The van der Waals surface area contributed by atoms with Crippen molar-refractivity contribution in [2.45, 2.75) is 4.90 Å². The summed E-state index contributed by atoms with van der Waals surface area (Å²) in [6.45, 7) is 0. The molecular weight excluding hydrogens is 507 g/mol. The van der Waals surface area contributed by atoms with E-state index in [1.54, 1.807) is 36.5 Å². The molecule has 0 fully saturated rings. The van der Waals surface area contributed by atoms with E-state index in [-0.39, 0.29) is 16.3 Å². The van der Waals surface area contributed by atoms with E-state index in [2.05, 4.69) is 9.71 Å². The maximum absolute atomic E-state index is 15.0. The number of anilines is 1. The second-order valence-electron chi connectivity index (χ2n) is 8.27. The van der Waals surface area contributed by atoms with Crippen molar-refractivity contribution >= 4 is 26.6 Å². The van der Waals surface area contributed by atoms with Gasteiger partial charge in [0.15, 0.2) is 17.3 Å². The lowest BCUT2D eigenvalue weighted by Gasteiger charge is -2.13. The molecule has 4 aromatic carbocycles. The Morgan fingerprint density at radius 1 is 0.763 bits per heavy atom. The first-order chi connectivity index (χ1) is 18.4. The lowest BCUT2D eigenvalue weighted by atomic mass is 10.1. The van der Waals surface area contributed by atoms with Gasteiger partial charge < -0.3 is 14.2 Å². The van der Waals surface area contributed by atoms with Gasteiger partial charge in [0.2, 0.25) is 0 Å². The van der Waals surface area contributed by atoms with Crippen molar-refractivity contribution in [1.82, 2.24) is 4.98 Å². The zero-order chi connectivity index (χ0) is 26.7. The summed E-state index contributed by atoms with van der Waals surface area (Å²) in [6, 6.07) is 25.0. The number of fused-ring (bicyclic) bond motifs is 1. The molecule has 0 bridgehead atoms. The van der Waals surface area contributed by atoms with Crippen molar-refractivity contribution in [3.05, 3.63) is 103 Å². The summed E-state index contributed by atoms with van der Waals surface area (Å²) in [7, 11) is -0.963. The highest BCUT2D eigenvalue weighted by Crippen LogP contribution is 2.37. The van der Waals surface area contributed by atoms with Crippen LogP contribution in [0.3, 0.4) is 0 Å². The largest absolute Gasteiger partial charge is 0.493 e. The third-order valence-corrected chi connectivity index (χ3v) is 7.27. The van der Waals surface area contributed by atoms with Crippen LogP contribution in [0.25, 0.3) is 22.0 Å². The molecule has 0 radical (unpaired) electrons. The summed E-state index contributed by atoms with van der Waals surface area (Å²) in [6.07, 6.45) is 1.56. The Morgan fingerprint density at radius 2 is 1.45 bits per heavy atom. The molecule has 0 amide bonds. The molecule has 0 atom stereocenters. The zero-order valence-corrected chi connectivity index (χ0v) is 21.3. The van der Waals surface area contributed by atoms with Gasteiger partial charge in [-0.05, 0) is 47.5 Å². The quantitative estimate of drug-likeness (QED) is 0.242. The Balaban J connectivity index is 1.36. The minimum absolute atomic E-state index is 0.0181. The van der Waals surface area contributed by atoms with Gasteiger partial charge in [-0.2, -0.15) is 0 Å². The van der Waals surface area contributed by atoms with E-state index in [4.69, 9.17) is 14.2 Å². The summed E-state index contributed by atoms with van der Waals surface area (Å²) in [5.74, 6) is 0.819. The Morgan fingerprint density at radius 3 is 2.13 bits per heavy atom. The molecular formula is C29H23FN2O5S. The average molecular weight is 531 g/mol. The molecule has 38 heavy (non-hydrogen) atoms. The van der Waals surface area contributed by atoms with E-state index < -0.39 is 15.8 Å². The number of aromatic nitrogens is 1. The van der Waals surface area contributed by atoms with E-state index in [1.165, 1.54) is 38.5 Å². The maximum Gasteiger partial charge on any atom is 0.261 e. The van der Waals surface area contributed by atoms with Crippen molar-refractivity contribution in [2.75, 3.05) is 18.9 Å². The minimum atomic E-state index is -4.01. The minimum Gasteiger partial charge on any atom is -0.493 e. The van der Waals surface area contributed by atoms with E-state index >= 15 is 0 Å². The number of nitrogens with one attached hydrogen (secondary N) is 1. The number of ether oxygens (including phenoxy) is 3. The first kappa shape index (κ1) is 25.0. The van der Waals surface area contributed by atoms with Crippen molar-refractivity contribution in [3.8, 4) is 34.1 Å². The summed E-state index contributed by atoms with van der Waals surface area (Å²) in [5, 5.41) is 0.634. The van der Waals surface area contributed by atoms with Crippen molar-refractivity contribution in [3.63, 3.8) is 0 Å². The fourth-order valence-electron chi connectivity index (χ4n) is 3.97. The van der Waals surface area contributed by atoms with E-state index in [0.717, 1.165) is 17.2 Å². The van der Waals surface area contributed by atoms with Gasteiger partial charge in [0.25, 0.3) is 10.0 Å². The van der Waals surface area contributed by atoms with Gasteiger partial charge >= 0.3 is 0 Å². The van der Waals surface area contributed by atoms with Crippen molar-refractivity contribution in [1.29, 1.82) is 0 Å². The van der Waals surface area contributed by atoms with E-state index in [9.17, 15) is 12.8 Å². The predicted molar refractivity (Wildman–Crippen MR) is 144 cm³/mol. The standard InChI is InChI=1S/C29H23FN2O5S/c1-35-28-17-23-26(18-29(28)36-2)31-15-14-27(23)37-21-10-13-25(24(30)16-21)32-38(33,34)22-11-8-20(9-12-22)19-6-4-3-5-7-19/h3-18,32H,1-2H3. The molecule has 0 unspecified atom stereocenters. The Bertz CT molecular complexity index is 1710. The van der Waals surface area contributed by atoms with Gasteiger partial charge in [0, 0.05) is 23.7 Å². The van der Waals surface area contributed by atoms with Crippen molar-refractivity contribution in [2.24, 2.45) is 0 Å². The molecule has 0 spiro atoms. The topological polar surface area (TPSA) is 86.8 Å². The predicted octanol–water partition coefficient (Wildman–Crippen LogP) is 6.65. The van der Waals surface area contributed by atoms with Crippen LogP contribution in [0.2, 0.25) is 0 Å². The second-order valence-corrected chi connectivity index (χ2v) is 9.96. The molecule has 0 aliphatic rings. The fourth-order valence-corrected chi connectivity index (χ4v) is 5.03. The Labute approximate surface area is 219 Å². The van der Waals surface area contributed by atoms with Gasteiger partial charge in [-0.25, -0.2) is 12.8 Å². The number of methoxy groups -OCH3 is 2. The molecule has 1 N–H and O–H groups in total. The molecule has 0 saturated heterocycles. The Kier molecular flexibility index (Phi) is 6.85. The lowest BCUT2D eigenvalue weighted by molar-refractivity contribution is 0.355. The zero-order valence-electron chi connectivity index (χ0n) is 20.5. The van der Waals surface area contributed by atoms with Crippen LogP contribution < -0.4 is 18.9 Å². The lowest BCUT2D eigenvalue weighted by Crippen LogP contribution is -2.14. The molecule has 0 saturated carbocycles. The first-order valence-corrected chi connectivity index (χ1v) is 13.0. The molecule has 5 rings (SSSR count). The van der Waals surface area contributed by atoms with Gasteiger partial charge in [-0.15, -0.1) is 0 Å². The van der Waals surface area contributed by atoms with Crippen LogP contribution in [0, 0.1) is 5.82 Å². The number of benzene rings is 4. The third kappa shape index (κ3) is 5.09. The number of nitrogens with zero attached hydrogens (tertiary/aromatic N) is 1. The number of halogens is 1. The van der Waals surface area contributed by atoms with Crippen LogP contribution in [-0.4, -0.2) is 27.6 Å². The van der Waals surface area contributed by atoms with Crippen LogP contribution in [0.1, 0.15) is 0 Å². The number of rotatable bonds is 8. The molecule has 1 heterocycles. The van der Waals surface area contributed by atoms with Crippen LogP contribution in [-0.2, 0) is 10.0 Å². The number of sulfonamides is 1. The second kappa shape index (κ2) is 10.4. The monoisotopic (exact) mass is 530 g/mol. The summed E-state index contributed by atoms with van der Waals surface area (Å²) >= 11 is 0. The highest BCUT2D eigenvalue weighted by Gasteiger charge is 2.18. The molecule has 9 heteroatoms. The third-order valence-electron chi connectivity index (χ3n) is 5.89. The summed E-state index contributed by atoms with van der Waals surface area (Å²) < 4.78 is 59.7. The molecule has 1 aromatic heterocycles. The van der Waals surface area contributed by atoms with Gasteiger partial charge in [-0.1, -0.05) is 42.5 Å². The summed E-state index contributed by atoms with van der Waals surface area (Å²) in [4.78, 5) is 4.34. The van der Waals surface area contributed by atoms with Gasteiger partial charge in [0.1, 0.15) is 11.5 Å². The van der Waals surface area contributed by atoms with Crippen LogP contribution >= 0.6 is 0 Å². The smallest absolute Gasteiger partial charge is 0.261 e. The van der Waals surface area contributed by atoms with E-state index in [0.29, 0.717) is 28.2 Å². The Hall–Kier alpha value is -4.63. The first-order valence-electron chi connectivity index (χ1n) is 11.5. The number of pyridine rings is 1. The maximum atomic E-state index is 15.0. The molecule has 0 aliphatic heterocycles. The van der Waals surface area contributed by atoms with Gasteiger partial charge in [0.05, 0.1) is 30.3 Å². The fraction of sp³-hybridized carbons (Fsp3) is 0.0690. The number of hydrogen-bond acceptors (Lipinski definition) is 6. The molecule has 192 valence electrons. The highest BCUT2D eigenvalue weighted by molar-refractivity contribution is 7.92. The molecule has 5 aromatic rings. The van der Waals surface area contributed by atoms with Crippen LogP contribution in [0.4, 0.5) is 10.1 Å². The number of hydrogen-bond donors (Lipinski definition) is 1. The van der Waals surface area contributed by atoms with Gasteiger partial charge in [-0.3, -0.25) is 9.71 Å². The highest BCUT2D eigenvalue weighted by atomic mass is 32.2. The van der Waals surface area contributed by atoms with Crippen LogP contribution in [0.5, 0.6) is 23.0 Å². The summed E-state index contributed by atoms with van der Waals surface area (Å²) in [5.41, 5.74) is 2.24. The van der Waals surface area contributed by atoms with Crippen LogP contribution in [0.15, 0.2) is 102 Å². The van der Waals surface area contributed by atoms with Crippen molar-refractivity contribution < 1.29 is 27.0 Å². The normalized spacial score (nSPS) is 11.2. The molecule has 7 nitrogen and oxygen atoms in total.